The number of thiazole rings is 1. The molecule has 1 atom stereocenters. The van der Waals surface area contributed by atoms with Gasteiger partial charge in [0.25, 0.3) is 11.2 Å². The third kappa shape index (κ3) is 5.95. The minimum absolute atomic E-state index is 0.107. The standard InChI is InChI=1S/C31H26N4O10S/c1-5-44-30(37)27-17(2)32-31-33(28(27)21-12-11-20(42-3)16-25(21)43-4)29(36)26(46-31)14-18-8-6-7-9-23(18)45-24-13-10-19(34(38)39)15-22(24)35(40)41/h6-16,28H,5H2,1-4H3/b26-14-/t28-/m1/s1. The summed E-state index contributed by atoms with van der Waals surface area (Å²) in [7, 11) is 2.97. The number of carbonyl (C=O) groups excluding carboxylic acids is 1. The van der Waals surface area contributed by atoms with Crippen LogP contribution in [-0.2, 0) is 9.53 Å². The molecule has 46 heavy (non-hydrogen) atoms. The fourth-order valence-corrected chi connectivity index (χ4v) is 5.97. The lowest BCUT2D eigenvalue weighted by Gasteiger charge is -2.26. The van der Waals surface area contributed by atoms with Gasteiger partial charge in [0, 0.05) is 23.3 Å². The minimum atomic E-state index is -0.951. The maximum Gasteiger partial charge on any atom is 0.338 e. The molecule has 0 bridgehead atoms. The van der Waals surface area contributed by atoms with Crippen LogP contribution in [0.25, 0.3) is 6.08 Å². The van der Waals surface area contributed by atoms with E-state index in [9.17, 15) is 29.8 Å². The van der Waals surface area contributed by atoms with Crippen molar-refractivity contribution in [3.8, 4) is 23.0 Å². The number of fused-ring (bicyclic) bond motifs is 1. The molecule has 3 aromatic carbocycles. The molecule has 0 aliphatic carbocycles. The highest BCUT2D eigenvalue weighted by molar-refractivity contribution is 7.07. The van der Waals surface area contributed by atoms with Crippen LogP contribution in [0.3, 0.4) is 0 Å². The number of non-ortho nitro benzene ring substituents is 1. The Labute approximate surface area is 264 Å². The van der Waals surface area contributed by atoms with Gasteiger partial charge in [-0.15, -0.1) is 0 Å². The van der Waals surface area contributed by atoms with Crippen LogP contribution in [0.4, 0.5) is 11.4 Å². The zero-order chi connectivity index (χ0) is 33.1. The van der Waals surface area contributed by atoms with E-state index in [0.29, 0.717) is 33.1 Å². The molecule has 5 rings (SSSR count). The number of aromatic nitrogens is 1. The molecule has 15 heteroatoms. The van der Waals surface area contributed by atoms with E-state index in [-0.39, 0.29) is 28.2 Å². The first kappa shape index (κ1) is 31.6. The highest BCUT2D eigenvalue weighted by Crippen LogP contribution is 2.38. The number of nitro groups is 2. The Balaban J connectivity index is 1.67. The summed E-state index contributed by atoms with van der Waals surface area (Å²) in [6.45, 7) is 3.44. The molecule has 0 fully saturated rings. The number of nitrogens with zero attached hydrogens (tertiary/aromatic N) is 4. The van der Waals surface area contributed by atoms with E-state index >= 15 is 0 Å². The normalized spacial score (nSPS) is 14.3. The lowest BCUT2D eigenvalue weighted by molar-refractivity contribution is -0.394. The Kier molecular flexibility index (Phi) is 8.95. The molecule has 0 saturated carbocycles. The summed E-state index contributed by atoms with van der Waals surface area (Å²) in [6, 6.07) is 13.7. The molecule has 14 nitrogen and oxygen atoms in total. The number of esters is 1. The van der Waals surface area contributed by atoms with Crippen molar-refractivity contribution in [2.75, 3.05) is 20.8 Å². The van der Waals surface area contributed by atoms with Gasteiger partial charge in [-0.3, -0.25) is 29.6 Å². The minimum Gasteiger partial charge on any atom is -0.497 e. The molecule has 0 radical (unpaired) electrons. The molecular weight excluding hydrogens is 620 g/mol. The van der Waals surface area contributed by atoms with E-state index in [1.807, 2.05) is 0 Å². The van der Waals surface area contributed by atoms with Crippen molar-refractivity contribution in [1.82, 2.24) is 4.57 Å². The van der Waals surface area contributed by atoms with E-state index in [0.717, 1.165) is 29.5 Å². The third-order valence-corrected chi connectivity index (χ3v) is 8.01. The zero-order valence-electron chi connectivity index (χ0n) is 24.9. The van der Waals surface area contributed by atoms with Gasteiger partial charge in [0.15, 0.2) is 4.80 Å². The van der Waals surface area contributed by atoms with Crippen LogP contribution >= 0.6 is 11.3 Å². The molecule has 0 amide bonds. The van der Waals surface area contributed by atoms with Gasteiger partial charge in [0.1, 0.15) is 23.3 Å². The number of methoxy groups -OCH3 is 2. The molecule has 1 aromatic heterocycles. The monoisotopic (exact) mass is 646 g/mol. The van der Waals surface area contributed by atoms with E-state index in [4.69, 9.17) is 18.9 Å². The van der Waals surface area contributed by atoms with Gasteiger partial charge in [0.2, 0.25) is 5.75 Å². The number of ether oxygens (including phenoxy) is 4. The van der Waals surface area contributed by atoms with Gasteiger partial charge in [-0.1, -0.05) is 29.5 Å². The Morgan fingerprint density at radius 1 is 1.00 bits per heavy atom. The maximum atomic E-state index is 14.1. The van der Waals surface area contributed by atoms with Crippen molar-refractivity contribution < 1.29 is 33.6 Å². The van der Waals surface area contributed by atoms with E-state index in [1.165, 1.54) is 18.8 Å². The van der Waals surface area contributed by atoms with Crippen LogP contribution in [0, 0.1) is 20.2 Å². The smallest absolute Gasteiger partial charge is 0.338 e. The van der Waals surface area contributed by atoms with Crippen molar-refractivity contribution in [2.24, 2.45) is 4.99 Å². The summed E-state index contributed by atoms with van der Waals surface area (Å²) in [5.74, 6) is 0.181. The first-order chi connectivity index (χ1) is 22.1. The van der Waals surface area contributed by atoms with Gasteiger partial charge in [-0.2, -0.15) is 0 Å². The van der Waals surface area contributed by atoms with Gasteiger partial charge in [-0.25, -0.2) is 9.79 Å². The topological polar surface area (TPSA) is 175 Å². The van der Waals surface area contributed by atoms with Gasteiger partial charge >= 0.3 is 11.7 Å². The van der Waals surface area contributed by atoms with Gasteiger partial charge in [0.05, 0.1) is 52.5 Å². The summed E-state index contributed by atoms with van der Waals surface area (Å²) in [5, 5.41) is 22.8. The SMILES string of the molecule is CCOC(=O)C1=C(C)N=c2s/c(=C\c3ccccc3Oc3ccc([N+](=O)[O-])cc3[N+](=O)[O-])c(=O)n2[C@@H]1c1ccc(OC)cc1OC. The second-order valence-electron chi connectivity index (χ2n) is 9.72. The van der Waals surface area contributed by atoms with Crippen LogP contribution in [0.1, 0.15) is 31.0 Å². The predicted octanol–water partition coefficient (Wildman–Crippen LogP) is 4.42. The van der Waals surface area contributed by atoms with Gasteiger partial charge < -0.3 is 18.9 Å². The molecule has 0 N–H and O–H groups in total. The zero-order valence-corrected chi connectivity index (χ0v) is 25.7. The first-order valence-corrected chi connectivity index (χ1v) is 14.5. The average molecular weight is 647 g/mol. The van der Waals surface area contributed by atoms with Crippen molar-refractivity contribution in [3.63, 3.8) is 0 Å². The first-order valence-electron chi connectivity index (χ1n) is 13.7. The lowest BCUT2D eigenvalue weighted by atomic mass is 9.95. The van der Waals surface area contributed by atoms with Crippen LogP contribution in [0.5, 0.6) is 23.0 Å². The Hall–Kier alpha value is -5.83. The maximum absolute atomic E-state index is 14.1. The molecule has 4 aromatic rings. The lowest BCUT2D eigenvalue weighted by Crippen LogP contribution is -2.40. The van der Waals surface area contributed by atoms with Crippen molar-refractivity contribution in [2.45, 2.75) is 19.9 Å². The average Bonchev–Trinajstić information content (AvgIpc) is 3.34. The molecular formula is C31H26N4O10S. The summed E-state index contributed by atoms with van der Waals surface area (Å²) in [4.78, 5) is 53.6. The number of hydrogen-bond acceptors (Lipinski definition) is 12. The van der Waals surface area contributed by atoms with E-state index < -0.39 is 38.8 Å². The Morgan fingerprint density at radius 3 is 2.43 bits per heavy atom. The van der Waals surface area contributed by atoms with Crippen LogP contribution < -0.4 is 29.1 Å². The molecule has 0 unspecified atom stereocenters. The quantitative estimate of drug-likeness (QED) is 0.136. The second-order valence-corrected chi connectivity index (χ2v) is 10.7. The molecule has 236 valence electrons. The highest BCUT2D eigenvalue weighted by atomic mass is 32.1. The molecule has 0 spiro atoms. The second kappa shape index (κ2) is 13.0. The molecule has 2 heterocycles. The van der Waals surface area contributed by atoms with E-state index in [1.54, 1.807) is 62.4 Å². The Bertz CT molecular complexity index is 2100. The van der Waals surface area contributed by atoms with Crippen LogP contribution in [0.15, 0.2) is 81.7 Å². The number of rotatable bonds is 10. The largest absolute Gasteiger partial charge is 0.497 e. The number of benzene rings is 3. The fraction of sp³-hybridized carbons (Fsp3) is 0.194. The van der Waals surface area contributed by atoms with Crippen LogP contribution in [-0.4, -0.2) is 41.2 Å². The van der Waals surface area contributed by atoms with Crippen LogP contribution in [0.2, 0.25) is 0 Å². The molecule has 1 aliphatic heterocycles. The third-order valence-electron chi connectivity index (χ3n) is 7.03. The number of carbonyl (C=O) groups is 1. The van der Waals surface area contributed by atoms with Crippen molar-refractivity contribution in [3.05, 3.63) is 123 Å². The number of allylic oxidation sites excluding steroid dienone is 1. The summed E-state index contributed by atoms with van der Waals surface area (Å²) in [6.07, 6.45) is 1.54. The fourth-order valence-electron chi connectivity index (χ4n) is 4.93. The summed E-state index contributed by atoms with van der Waals surface area (Å²) < 4.78 is 23.8. The number of para-hydroxylation sites is 1. The number of hydrogen-bond donors (Lipinski definition) is 0. The predicted molar refractivity (Wildman–Crippen MR) is 166 cm³/mol. The van der Waals surface area contributed by atoms with Crippen molar-refractivity contribution in [1.29, 1.82) is 0 Å². The summed E-state index contributed by atoms with van der Waals surface area (Å²) >= 11 is 1.07. The summed E-state index contributed by atoms with van der Waals surface area (Å²) in [5.41, 5.74) is -0.116. The van der Waals surface area contributed by atoms with Crippen molar-refractivity contribution >= 4 is 34.8 Å². The Morgan fingerprint density at radius 2 is 1.76 bits per heavy atom. The molecule has 1 aliphatic rings. The van der Waals surface area contributed by atoms with E-state index in [2.05, 4.69) is 4.99 Å². The number of nitro benzene ring substituents is 2. The highest BCUT2D eigenvalue weighted by Gasteiger charge is 2.35. The van der Waals surface area contributed by atoms with Gasteiger partial charge in [-0.05, 0) is 44.2 Å². The molecule has 0 saturated heterocycles.